The molecule has 1 fully saturated rings. The summed E-state index contributed by atoms with van der Waals surface area (Å²) in [5, 5.41) is 12.3. The van der Waals surface area contributed by atoms with E-state index in [0.717, 1.165) is 17.3 Å². The van der Waals surface area contributed by atoms with Crippen molar-refractivity contribution in [2.45, 2.75) is 32.6 Å². The maximum absolute atomic E-state index is 12.1. The van der Waals surface area contributed by atoms with Gasteiger partial charge in [-0.1, -0.05) is 6.92 Å². The summed E-state index contributed by atoms with van der Waals surface area (Å²) in [5.41, 5.74) is -0.407. The smallest absolute Gasteiger partial charge is 0.311 e. The van der Waals surface area contributed by atoms with Crippen molar-refractivity contribution < 1.29 is 14.7 Å². The van der Waals surface area contributed by atoms with Gasteiger partial charge in [0.15, 0.2) is 0 Å². The van der Waals surface area contributed by atoms with E-state index in [-0.39, 0.29) is 12.5 Å². The number of hydrogen-bond donors (Lipinski definition) is 2. The number of rotatable bonds is 4. The lowest BCUT2D eigenvalue weighted by Gasteiger charge is -2.35. The molecule has 114 valence electrons. The van der Waals surface area contributed by atoms with Gasteiger partial charge in [0.1, 0.15) is 0 Å². The largest absolute Gasteiger partial charge is 0.481 e. The van der Waals surface area contributed by atoms with Crippen molar-refractivity contribution >= 4 is 27.8 Å². The van der Waals surface area contributed by atoms with Gasteiger partial charge in [-0.2, -0.15) is 0 Å². The highest BCUT2D eigenvalue weighted by atomic mass is 79.9. The average Bonchev–Trinajstić information content (AvgIpc) is 2.46. The fourth-order valence-corrected chi connectivity index (χ4v) is 3.03. The van der Waals surface area contributed by atoms with Crippen LogP contribution in [-0.2, 0) is 4.79 Å². The molecule has 0 spiro atoms. The van der Waals surface area contributed by atoms with Crippen LogP contribution in [0.5, 0.6) is 0 Å². The monoisotopic (exact) mass is 354 g/mol. The van der Waals surface area contributed by atoms with Crippen molar-refractivity contribution in [3.63, 3.8) is 0 Å². The van der Waals surface area contributed by atoms with Crippen molar-refractivity contribution in [3.05, 3.63) is 28.5 Å². The molecule has 1 amide bonds. The predicted octanol–water partition coefficient (Wildman–Crippen LogP) is 2.86. The third kappa shape index (κ3) is 3.81. The third-order valence-electron chi connectivity index (χ3n) is 4.24. The van der Waals surface area contributed by atoms with Crippen LogP contribution in [0.25, 0.3) is 0 Å². The minimum Gasteiger partial charge on any atom is -0.481 e. The van der Waals surface area contributed by atoms with E-state index in [9.17, 15) is 14.7 Å². The van der Waals surface area contributed by atoms with E-state index < -0.39 is 11.4 Å². The lowest BCUT2D eigenvalue weighted by molar-refractivity contribution is -0.151. The molecule has 1 heterocycles. The molecule has 6 heteroatoms. The van der Waals surface area contributed by atoms with Gasteiger partial charge in [-0.3, -0.25) is 14.6 Å². The van der Waals surface area contributed by atoms with E-state index in [1.165, 1.54) is 6.20 Å². The molecule has 1 aromatic heterocycles. The molecule has 0 saturated heterocycles. The van der Waals surface area contributed by atoms with Crippen molar-refractivity contribution in [3.8, 4) is 0 Å². The molecule has 0 bridgehead atoms. The quantitative estimate of drug-likeness (QED) is 0.871. The molecule has 0 aliphatic heterocycles. The number of pyridine rings is 1. The van der Waals surface area contributed by atoms with Gasteiger partial charge in [0.25, 0.3) is 5.91 Å². The van der Waals surface area contributed by atoms with E-state index >= 15 is 0 Å². The van der Waals surface area contributed by atoms with Gasteiger partial charge >= 0.3 is 5.97 Å². The number of aromatic nitrogens is 1. The second-order valence-corrected chi connectivity index (χ2v) is 6.76. The van der Waals surface area contributed by atoms with E-state index in [1.54, 1.807) is 12.3 Å². The van der Waals surface area contributed by atoms with Gasteiger partial charge < -0.3 is 10.4 Å². The van der Waals surface area contributed by atoms with E-state index in [4.69, 9.17) is 0 Å². The number of nitrogens with one attached hydrogen (secondary N) is 1. The van der Waals surface area contributed by atoms with Gasteiger partial charge in [0, 0.05) is 23.4 Å². The summed E-state index contributed by atoms with van der Waals surface area (Å²) < 4.78 is 0.717. The van der Waals surface area contributed by atoms with Crippen LogP contribution in [0.1, 0.15) is 43.0 Å². The highest BCUT2D eigenvalue weighted by molar-refractivity contribution is 9.10. The summed E-state index contributed by atoms with van der Waals surface area (Å²) in [6, 6.07) is 1.67. The number of halogens is 1. The number of aliphatic carboxylic acids is 1. The first-order valence-corrected chi connectivity index (χ1v) is 7.84. The molecule has 1 saturated carbocycles. The first-order valence-electron chi connectivity index (χ1n) is 7.05. The highest BCUT2D eigenvalue weighted by Crippen LogP contribution is 2.38. The van der Waals surface area contributed by atoms with Gasteiger partial charge in [-0.25, -0.2) is 0 Å². The highest BCUT2D eigenvalue weighted by Gasteiger charge is 2.41. The summed E-state index contributed by atoms with van der Waals surface area (Å²) in [6.45, 7) is 2.30. The zero-order valence-electron chi connectivity index (χ0n) is 11.9. The molecule has 0 radical (unpaired) electrons. The van der Waals surface area contributed by atoms with Crippen LogP contribution < -0.4 is 5.32 Å². The third-order valence-corrected chi connectivity index (χ3v) is 4.67. The molecule has 0 atom stereocenters. The Balaban J connectivity index is 2.02. The zero-order valence-corrected chi connectivity index (χ0v) is 13.5. The Morgan fingerprint density at radius 2 is 2.10 bits per heavy atom. The molecule has 21 heavy (non-hydrogen) atoms. The first-order chi connectivity index (χ1) is 9.93. The number of nitrogens with zero attached hydrogens (tertiary/aromatic N) is 1. The molecular weight excluding hydrogens is 336 g/mol. The Hall–Kier alpha value is -1.43. The molecular formula is C15H19BrN2O3. The van der Waals surface area contributed by atoms with Crippen LogP contribution in [0, 0.1) is 11.3 Å². The Morgan fingerprint density at radius 3 is 2.67 bits per heavy atom. The van der Waals surface area contributed by atoms with E-state index in [1.807, 2.05) is 0 Å². The lowest BCUT2D eigenvalue weighted by atomic mass is 9.71. The van der Waals surface area contributed by atoms with Crippen LogP contribution in [0.2, 0.25) is 0 Å². The average molecular weight is 355 g/mol. The zero-order chi connectivity index (χ0) is 15.5. The summed E-state index contributed by atoms with van der Waals surface area (Å²) in [5.74, 6) is -0.549. The predicted molar refractivity (Wildman–Crippen MR) is 82.0 cm³/mol. The number of carbonyl (C=O) groups is 2. The normalized spacial score (nSPS) is 25.3. The van der Waals surface area contributed by atoms with Crippen LogP contribution in [0.3, 0.4) is 0 Å². The fourth-order valence-electron chi connectivity index (χ4n) is 2.67. The second kappa shape index (κ2) is 6.56. The van der Waals surface area contributed by atoms with Crippen molar-refractivity contribution in [2.24, 2.45) is 11.3 Å². The molecule has 1 aromatic rings. The summed E-state index contributed by atoms with van der Waals surface area (Å²) in [7, 11) is 0. The summed E-state index contributed by atoms with van der Waals surface area (Å²) in [4.78, 5) is 27.7. The SMILES string of the molecule is CC1CCC(CNC(=O)c2cncc(Br)c2)(C(=O)O)CC1. The van der Waals surface area contributed by atoms with Crippen molar-refractivity contribution in [1.82, 2.24) is 10.3 Å². The van der Waals surface area contributed by atoms with Gasteiger partial charge in [0.2, 0.25) is 0 Å². The van der Waals surface area contributed by atoms with Crippen LogP contribution in [-0.4, -0.2) is 28.5 Å². The standard InChI is InChI=1S/C15H19BrN2O3/c1-10-2-4-15(5-3-10,14(20)21)9-18-13(19)11-6-12(16)8-17-7-11/h6-8,10H,2-5,9H2,1H3,(H,18,19)(H,20,21). The van der Waals surface area contributed by atoms with Crippen molar-refractivity contribution in [1.29, 1.82) is 0 Å². The van der Waals surface area contributed by atoms with Crippen LogP contribution in [0.15, 0.2) is 22.9 Å². The fraction of sp³-hybridized carbons (Fsp3) is 0.533. The van der Waals surface area contributed by atoms with Gasteiger partial charge in [-0.15, -0.1) is 0 Å². The Morgan fingerprint density at radius 1 is 1.43 bits per heavy atom. The Kier molecular flexibility index (Phi) is 4.98. The van der Waals surface area contributed by atoms with Crippen LogP contribution >= 0.6 is 15.9 Å². The molecule has 2 N–H and O–H groups in total. The number of amides is 1. The molecule has 2 rings (SSSR count). The summed E-state index contributed by atoms with van der Waals surface area (Å²) in [6.07, 6.45) is 6.07. The molecule has 0 aromatic carbocycles. The summed E-state index contributed by atoms with van der Waals surface area (Å²) >= 11 is 3.26. The second-order valence-electron chi connectivity index (χ2n) is 5.84. The van der Waals surface area contributed by atoms with Crippen molar-refractivity contribution in [2.75, 3.05) is 6.54 Å². The Bertz CT molecular complexity index is 539. The molecule has 0 unspecified atom stereocenters. The number of carboxylic acids is 1. The van der Waals surface area contributed by atoms with Gasteiger partial charge in [0.05, 0.1) is 11.0 Å². The lowest BCUT2D eigenvalue weighted by Crippen LogP contribution is -2.45. The number of hydrogen-bond acceptors (Lipinski definition) is 3. The number of carbonyl (C=O) groups excluding carboxylic acids is 1. The minimum atomic E-state index is -0.832. The first kappa shape index (κ1) is 15.9. The van der Waals surface area contributed by atoms with Crippen LogP contribution in [0.4, 0.5) is 0 Å². The maximum Gasteiger partial charge on any atom is 0.311 e. The molecule has 5 nitrogen and oxygen atoms in total. The Labute approximate surface area is 132 Å². The van der Waals surface area contributed by atoms with E-state index in [0.29, 0.717) is 24.3 Å². The van der Waals surface area contributed by atoms with Gasteiger partial charge in [-0.05, 0) is 53.6 Å². The minimum absolute atomic E-state index is 0.167. The molecule has 1 aliphatic rings. The maximum atomic E-state index is 12.1. The number of carboxylic acid groups (broad SMARTS) is 1. The molecule has 1 aliphatic carbocycles. The topological polar surface area (TPSA) is 79.3 Å². The van der Waals surface area contributed by atoms with E-state index in [2.05, 4.69) is 33.2 Å².